The van der Waals surface area contributed by atoms with E-state index in [4.69, 9.17) is 0 Å². The molecule has 1 N–H and O–H groups in total. The molecule has 0 aliphatic carbocycles. The Kier molecular flexibility index (Phi) is 5.48. The lowest BCUT2D eigenvalue weighted by molar-refractivity contribution is 0.500. The van der Waals surface area contributed by atoms with E-state index in [2.05, 4.69) is 11.9 Å². The molecule has 1 aliphatic rings. The highest BCUT2D eigenvalue weighted by molar-refractivity contribution is 5.72. The van der Waals surface area contributed by atoms with Gasteiger partial charge >= 0.3 is 0 Å². The second-order valence-corrected chi connectivity index (χ2v) is 4.84. The quantitative estimate of drug-likeness (QED) is 0.840. The maximum Gasteiger partial charge on any atom is 0.168 e. The van der Waals surface area contributed by atoms with Crippen LogP contribution in [0.15, 0.2) is 12.6 Å². The summed E-state index contributed by atoms with van der Waals surface area (Å²) in [5.74, 6) is -1.31. The van der Waals surface area contributed by atoms with E-state index in [0.29, 0.717) is 0 Å². The van der Waals surface area contributed by atoms with Crippen LogP contribution in [0.4, 0.5) is 14.5 Å². The van der Waals surface area contributed by atoms with Crippen LogP contribution < -0.4 is 10.2 Å². The molecule has 1 heterocycles. The molecule has 1 atom stereocenters. The Bertz CT molecular complexity index is 458. The molecule has 0 saturated carbocycles. The van der Waals surface area contributed by atoms with Crippen molar-refractivity contribution in [2.45, 2.75) is 19.3 Å². The Morgan fingerprint density at radius 1 is 1.42 bits per heavy atom. The Labute approximate surface area is 114 Å². The molecular formula is C15H22F2N2. The van der Waals surface area contributed by atoms with E-state index >= 15 is 0 Å². The monoisotopic (exact) mass is 268 g/mol. The van der Waals surface area contributed by atoms with Crippen molar-refractivity contribution in [2.75, 3.05) is 32.6 Å². The number of halogens is 2. The van der Waals surface area contributed by atoms with Crippen molar-refractivity contribution in [3.8, 4) is 0 Å². The van der Waals surface area contributed by atoms with Crippen LogP contribution in [-0.2, 0) is 0 Å². The number of hydrogen-bond acceptors (Lipinski definition) is 2. The number of anilines is 1. The summed E-state index contributed by atoms with van der Waals surface area (Å²) in [7, 11) is 5.65. The van der Waals surface area contributed by atoms with Gasteiger partial charge in [-0.1, -0.05) is 19.6 Å². The van der Waals surface area contributed by atoms with Gasteiger partial charge in [0.25, 0.3) is 0 Å². The smallest absolute Gasteiger partial charge is 0.168 e. The average molecular weight is 268 g/mol. The van der Waals surface area contributed by atoms with Crippen molar-refractivity contribution >= 4 is 11.8 Å². The maximum absolute atomic E-state index is 13.6. The Morgan fingerprint density at radius 2 is 2.00 bits per heavy atom. The number of hydrogen-bond donors (Lipinski definition) is 1. The van der Waals surface area contributed by atoms with Gasteiger partial charge in [-0.3, -0.25) is 0 Å². The summed E-state index contributed by atoms with van der Waals surface area (Å²) in [5.41, 5.74) is 1.94. The molecular weight excluding hydrogens is 246 g/mol. The number of nitrogens with zero attached hydrogens (tertiary/aromatic N) is 1. The van der Waals surface area contributed by atoms with E-state index in [-0.39, 0.29) is 11.5 Å². The number of rotatable bonds is 1. The van der Waals surface area contributed by atoms with Crippen molar-refractivity contribution in [1.82, 2.24) is 5.32 Å². The molecule has 0 aromatic heterocycles. The van der Waals surface area contributed by atoms with E-state index in [0.717, 1.165) is 24.2 Å². The van der Waals surface area contributed by atoms with Gasteiger partial charge in [0, 0.05) is 19.2 Å². The first kappa shape index (κ1) is 15.6. The van der Waals surface area contributed by atoms with Gasteiger partial charge in [-0.25, -0.2) is 8.78 Å². The highest BCUT2D eigenvalue weighted by Crippen LogP contribution is 2.39. The summed E-state index contributed by atoms with van der Waals surface area (Å²) in [5, 5.41) is 2.75. The van der Waals surface area contributed by atoms with E-state index in [1.807, 2.05) is 33.0 Å². The van der Waals surface area contributed by atoms with Crippen LogP contribution in [0.1, 0.15) is 30.4 Å². The van der Waals surface area contributed by atoms with E-state index in [9.17, 15) is 8.78 Å². The van der Waals surface area contributed by atoms with Gasteiger partial charge < -0.3 is 10.2 Å². The minimum atomic E-state index is -0.797. The molecule has 1 aromatic carbocycles. The highest BCUT2D eigenvalue weighted by atomic mass is 19.2. The zero-order chi connectivity index (χ0) is 14.6. The van der Waals surface area contributed by atoms with Gasteiger partial charge in [0.15, 0.2) is 11.6 Å². The molecule has 1 unspecified atom stereocenters. The molecule has 0 saturated heterocycles. The Hall–Kier alpha value is -1.42. The molecule has 2 nitrogen and oxygen atoms in total. The lowest BCUT2D eigenvalue weighted by atomic mass is 9.89. The molecule has 0 radical (unpaired) electrons. The van der Waals surface area contributed by atoms with Crippen molar-refractivity contribution in [3.05, 3.63) is 35.4 Å². The molecule has 1 aromatic rings. The minimum absolute atomic E-state index is 0.264. The molecule has 0 amide bonds. The molecule has 4 heteroatoms. The summed E-state index contributed by atoms with van der Waals surface area (Å²) in [6.45, 7) is 6.47. The molecule has 0 bridgehead atoms. The fourth-order valence-corrected chi connectivity index (χ4v) is 2.30. The summed E-state index contributed by atoms with van der Waals surface area (Å²) in [6, 6.07) is 1.32. The molecule has 106 valence electrons. The standard InChI is InChI=1S/C13H15F2N.C2H7N/c1-4-9-12(15)11(14)7-10-8(2)5-6-16(3)13(9)10;1-3-2/h4,7-8H,1,5-6H2,2-3H3;3H,1-2H3. The van der Waals surface area contributed by atoms with Crippen LogP contribution in [0.25, 0.3) is 6.08 Å². The van der Waals surface area contributed by atoms with Crippen LogP contribution >= 0.6 is 0 Å². The van der Waals surface area contributed by atoms with Gasteiger partial charge in [0.2, 0.25) is 0 Å². The molecule has 2 rings (SSSR count). The van der Waals surface area contributed by atoms with Crippen LogP contribution in [-0.4, -0.2) is 27.7 Å². The van der Waals surface area contributed by atoms with Crippen molar-refractivity contribution in [2.24, 2.45) is 0 Å². The summed E-state index contributed by atoms with van der Waals surface area (Å²) < 4.78 is 27.0. The predicted molar refractivity (Wildman–Crippen MR) is 77.7 cm³/mol. The van der Waals surface area contributed by atoms with Gasteiger partial charge in [0.05, 0.1) is 5.69 Å². The van der Waals surface area contributed by atoms with Gasteiger partial charge in [-0.05, 0) is 38.1 Å². The summed E-state index contributed by atoms with van der Waals surface area (Å²) >= 11 is 0. The SMILES string of the molecule is C=Cc1c(F)c(F)cc2c1N(C)CCC2C.CNC. The average Bonchev–Trinajstić information content (AvgIpc) is 2.37. The molecule has 0 spiro atoms. The van der Waals surface area contributed by atoms with Crippen LogP contribution in [0.3, 0.4) is 0 Å². The van der Waals surface area contributed by atoms with Crippen molar-refractivity contribution in [1.29, 1.82) is 0 Å². The van der Waals surface area contributed by atoms with Crippen LogP contribution in [0.5, 0.6) is 0 Å². The maximum atomic E-state index is 13.6. The Morgan fingerprint density at radius 3 is 2.53 bits per heavy atom. The molecule has 0 fully saturated rings. The topological polar surface area (TPSA) is 15.3 Å². The Balaban J connectivity index is 0.000000550. The number of nitrogens with one attached hydrogen (secondary N) is 1. The predicted octanol–water partition coefficient (Wildman–Crippen LogP) is 3.39. The fourth-order valence-electron chi connectivity index (χ4n) is 2.30. The zero-order valence-electron chi connectivity index (χ0n) is 12.1. The van der Waals surface area contributed by atoms with E-state index in [1.165, 1.54) is 12.1 Å². The van der Waals surface area contributed by atoms with Crippen LogP contribution in [0, 0.1) is 11.6 Å². The van der Waals surface area contributed by atoms with Crippen molar-refractivity contribution < 1.29 is 8.78 Å². The third-order valence-electron chi connectivity index (χ3n) is 3.27. The first-order valence-electron chi connectivity index (χ1n) is 6.41. The normalized spacial score (nSPS) is 17.4. The summed E-state index contributed by atoms with van der Waals surface area (Å²) in [4.78, 5) is 1.97. The zero-order valence-corrected chi connectivity index (χ0v) is 12.1. The first-order chi connectivity index (χ1) is 8.97. The highest BCUT2D eigenvalue weighted by Gasteiger charge is 2.26. The lowest BCUT2D eigenvalue weighted by Crippen LogP contribution is -2.28. The van der Waals surface area contributed by atoms with Crippen LogP contribution in [0.2, 0.25) is 0 Å². The number of fused-ring (bicyclic) bond motifs is 1. The van der Waals surface area contributed by atoms with Gasteiger partial charge in [-0.15, -0.1) is 0 Å². The largest absolute Gasteiger partial charge is 0.374 e. The van der Waals surface area contributed by atoms with E-state index in [1.54, 1.807) is 0 Å². The number of benzene rings is 1. The first-order valence-corrected chi connectivity index (χ1v) is 6.41. The molecule has 1 aliphatic heterocycles. The molecule has 19 heavy (non-hydrogen) atoms. The second-order valence-electron chi connectivity index (χ2n) is 4.84. The second kappa shape index (κ2) is 6.66. The minimum Gasteiger partial charge on any atom is -0.374 e. The lowest BCUT2D eigenvalue weighted by Gasteiger charge is -2.33. The van der Waals surface area contributed by atoms with Gasteiger partial charge in [0.1, 0.15) is 0 Å². The fraction of sp³-hybridized carbons (Fsp3) is 0.467. The third kappa shape index (κ3) is 3.13. The summed E-state index contributed by atoms with van der Waals surface area (Å²) in [6.07, 6.45) is 2.36. The van der Waals surface area contributed by atoms with Crippen molar-refractivity contribution in [3.63, 3.8) is 0 Å². The third-order valence-corrected chi connectivity index (χ3v) is 3.27. The van der Waals surface area contributed by atoms with E-state index < -0.39 is 11.6 Å². The van der Waals surface area contributed by atoms with Gasteiger partial charge in [-0.2, -0.15) is 0 Å².